The Morgan fingerprint density at radius 1 is 1.09 bits per heavy atom. The quantitative estimate of drug-likeness (QED) is 0.570. The zero-order valence-electron chi connectivity index (χ0n) is 17.3. The van der Waals surface area contributed by atoms with E-state index in [9.17, 15) is 14.0 Å². The van der Waals surface area contributed by atoms with E-state index in [2.05, 4.69) is 20.6 Å². The van der Waals surface area contributed by atoms with Crippen LogP contribution in [0.15, 0.2) is 54.2 Å². The number of rotatable bonds is 7. The highest BCUT2D eigenvalue weighted by Gasteiger charge is 2.25. The Labute approximate surface area is 189 Å². The number of halogens is 1. The number of hydrogen-bond donors (Lipinski definition) is 2. The van der Waals surface area contributed by atoms with E-state index < -0.39 is 0 Å². The van der Waals surface area contributed by atoms with Gasteiger partial charge in [-0.1, -0.05) is 18.2 Å². The van der Waals surface area contributed by atoms with Crippen molar-refractivity contribution >= 4 is 34.0 Å². The number of benzene rings is 1. The van der Waals surface area contributed by atoms with E-state index in [1.807, 2.05) is 17.0 Å². The first kappa shape index (κ1) is 21.8. The summed E-state index contributed by atoms with van der Waals surface area (Å²) in [5, 5.41) is 7.93. The normalized spacial score (nSPS) is 14.2. The topological polar surface area (TPSA) is 90.5 Å². The van der Waals surface area contributed by atoms with E-state index in [1.54, 1.807) is 40.9 Å². The van der Waals surface area contributed by atoms with Gasteiger partial charge in [0.05, 0.1) is 12.2 Å². The zero-order valence-corrected chi connectivity index (χ0v) is 18.1. The Hall–Kier alpha value is -3.37. The van der Waals surface area contributed by atoms with Crippen LogP contribution >= 0.6 is 11.3 Å². The largest absolute Gasteiger partial charge is 0.351 e. The Bertz CT molecular complexity index is 1070. The van der Waals surface area contributed by atoms with E-state index in [0.717, 1.165) is 5.56 Å². The van der Waals surface area contributed by atoms with Gasteiger partial charge in [-0.25, -0.2) is 9.37 Å². The minimum Gasteiger partial charge on any atom is -0.351 e. The first-order valence-electron chi connectivity index (χ1n) is 10.2. The predicted octanol–water partition coefficient (Wildman–Crippen LogP) is 2.50. The number of aromatic nitrogens is 2. The number of anilines is 2. The van der Waals surface area contributed by atoms with Crippen molar-refractivity contribution in [3.8, 4) is 0 Å². The number of nitrogens with one attached hydrogen (secondary N) is 2. The molecule has 0 saturated carbocycles. The molecule has 1 aliphatic heterocycles. The van der Waals surface area contributed by atoms with Gasteiger partial charge in [0.1, 0.15) is 11.5 Å². The molecule has 4 rings (SSSR count). The van der Waals surface area contributed by atoms with Gasteiger partial charge in [-0.3, -0.25) is 19.5 Å². The number of carbonyl (C=O) groups is 2. The maximum atomic E-state index is 13.8. The van der Waals surface area contributed by atoms with Crippen LogP contribution < -0.4 is 10.6 Å². The highest BCUT2D eigenvalue weighted by Crippen LogP contribution is 2.23. The van der Waals surface area contributed by atoms with E-state index in [4.69, 9.17) is 0 Å². The van der Waals surface area contributed by atoms with E-state index in [0.29, 0.717) is 49.2 Å². The van der Waals surface area contributed by atoms with E-state index >= 15 is 0 Å². The van der Waals surface area contributed by atoms with Crippen molar-refractivity contribution < 1.29 is 14.0 Å². The summed E-state index contributed by atoms with van der Waals surface area (Å²) in [6, 6.07) is 10.1. The molecule has 166 valence electrons. The van der Waals surface area contributed by atoms with Gasteiger partial charge in [0, 0.05) is 50.5 Å². The van der Waals surface area contributed by atoms with Gasteiger partial charge in [0.25, 0.3) is 5.91 Å². The summed E-state index contributed by atoms with van der Waals surface area (Å²) in [5.41, 5.74) is 1.59. The summed E-state index contributed by atoms with van der Waals surface area (Å²) in [6.07, 6.45) is 3.42. The number of thiazole rings is 1. The molecule has 1 fully saturated rings. The summed E-state index contributed by atoms with van der Waals surface area (Å²) in [4.78, 5) is 37.1. The molecule has 1 saturated heterocycles. The van der Waals surface area contributed by atoms with Crippen LogP contribution in [0.5, 0.6) is 0 Å². The van der Waals surface area contributed by atoms with Crippen molar-refractivity contribution in [2.45, 2.75) is 6.54 Å². The molecule has 10 heteroatoms. The molecule has 0 aliphatic carbocycles. The van der Waals surface area contributed by atoms with Crippen molar-refractivity contribution in [1.82, 2.24) is 25.1 Å². The number of hydrogen-bond acceptors (Lipinski definition) is 7. The lowest BCUT2D eigenvalue weighted by Gasteiger charge is -2.33. The van der Waals surface area contributed by atoms with Gasteiger partial charge in [0.15, 0.2) is 5.13 Å². The van der Waals surface area contributed by atoms with Crippen LogP contribution in [-0.2, 0) is 11.3 Å². The van der Waals surface area contributed by atoms with Crippen LogP contribution in [0.2, 0.25) is 0 Å². The Morgan fingerprint density at radius 3 is 2.66 bits per heavy atom. The van der Waals surface area contributed by atoms with Gasteiger partial charge in [-0.05, 0) is 23.8 Å². The van der Waals surface area contributed by atoms with Gasteiger partial charge < -0.3 is 15.5 Å². The summed E-state index contributed by atoms with van der Waals surface area (Å²) in [7, 11) is 0. The van der Waals surface area contributed by atoms with Crippen LogP contribution in [0, 0.1) is 5.82 Å². The molecule has 2 aromatic heterocycles. The summed E-state index contributed by atoms with van der Waals surface area (Å²) >= 11 is 1.25. The minimum atomic E-state index is -0.379. The van der Waals surface area contributed by atoms with Crippen LogP contribution in [-0.4, -0.2) is 64.3 Å². The number of carbonyl (C=O) groups excluding carboxylic acids is 2. The number of nitrogens with zero attached hydrogens (tertiary/aromatic N) is 4. The van der Waals surface area contributed by atoms with Crippen molar-refractivity contribution in [3.63, 3.8) is 0 Å². The second-order valence-corrected chi connectivity index (χ2v) is 8.21. The van der Waals surface area contributed by atoms with Crippen LogP contribution in [0.4, 0.5) is 15.2 Å². The lowest BCUT2D eigenvalue weighted by Crippen LogP contribution is -2.51. The SMILES string of the molecule is O=C(CN1CCN(C(=O)c2csc(Nc3ccccc3F)n2)CC1)NCc1cccnc1. The molecule has 1 aromatic carbocycles. The molecule has 32 heavy (non-hydrogen) atoms. The maximum absolute atomic E-state index is 13.8. The first-order chi connectivity index (χ1) is 15.6. The highest BCUT2D eigenvalue weighted by molar-refractivity contribution is 7.14. The second kappa shape index (κ2) is 10.3. The third-order valence-corrected chi connectivity index (χ3v) is 5.84. The Kier molecular flexibility index (Phi) is 7.03. The van der Waals surface area contributed by atoms with Crippen molar-refractivity contribution in [3.05, 3.63) is 71.2 Å². The number of amides is 2. The fourth-order valence-corrected chi connectivity index (χ4v) is 4.04. The average molecular weight is 455 g/mol. The molecule has 8 nitrogen and oxygen atoms in total. The highest BCUT2D eigenvalue weighted by atomic mass is 32.1. The summed E-state index contributed by atoms with van der Waals surface area (Å²) < 4.78 is 13.8. The predicted molar refractivity (Wildman–Crippen MR) is 120 cm³/mol. The lowest BCUT2D eigenvalue weighted by atomic mass is 10.2. The van der Waals surface area contributed by atoms with E-state index in [1.165, 1.54) is 17.4 Å². The standard InChI is InChI=1S/C22H23FN6O2S/c23-17-5-1-2-6-18(17)26-22-27-19(15-32-22)21(31)29-10-8-28(9-11-29)14-20(30)25-13-16-4-3-7-24-12-16/h1-7,12,15H,8-11,13-14H2,(H,25,30)(H,26,27). The third-order valence-electron chi connectivity index (χ3n) is 5.08. The van der Waals surface area contributed by atoms with Crippen molar-refractivity contribution in [2.75, 3.05) is 38.0 Å². The number of pyridine rings is 1. The molecule has 3 aromatic rings. The molecule has 1 aliphatic rings. The van der Waals surface area contributed by atoms with Crippen molar-refractivity contribution in [2.24, 2.45) is 0 Å². The molecule has 0 radical (unpaired) electrons. The van der Waals surface area contributed by atoms with Gasteiger partial charge >= 0.3 is 0 Å². The molecule has 0 atom stereocenters. The molecule has 0 bridgehead atoms. The fraction of sp³-hybridized carbons (Fsp3) is 0.273. The minimum absolute atomic E-state index is 0.0583. The van der Waals surface area contributed by atoms with Crippen LogP contribution in [0.1, 0.15) is 16.1 Å². The molecular weight excluding hydrogens is 431 g/mol. The summed E-state index contributed by atoms with van der Waals surface area (Å²) in [6.45, 7) is 2.98. The molecule has 2 N–H and O–H groups in total. The smallest absolute Gasteiger partial charge is 0.273 e. The maximum Gasteiger partial charge on any atom is 0.273 e. The first-order valence-corrected chi connectivity index (χ1v) is 11.1. The van der Waals surface area contributed by atoms with Crippen LogP contribution in [0.25, 0.3) is 0 Å². The van der Waals surface area contributed by atoms with Gasteiger partial charge in [-0.2, -0.15) is 0 Å². The Balaban J connectivity index is 1.23. The van der Waals surface area contributed by atoms with E-state index in [-0.39, 0.29) is 24.2 Å². The fourth-order valence-electron chi connectivity index (χ4n) is 3.34. The molecule has 0 spiro atoms. The van der Waals surface area contributed by atoms with Crippen molar-refractivity contribution in [1.29, 1.82) is 0 Å². The van der Waals surface area contributed by atoms with Gasteiger partial charge in [0.2, 0.25) is 5.91 Å². The molecule has 2 amide bonds. The lowest BCUT2D eigenvalue weighted by molar-refractivity contribution is -0.122. The van der Waals surface area contributed by atoms with Crippen LogP contribution in [0.3, 0.4) is 0 Å². The third kappa shape index (κ3) is 5.65. The molecule has 3 heterocycles. The van der Waals surface area contributed by atoms with Gasteiger partial charge in [-0.15, -0.1) is 11.3 Å². The second-order valence-electron chi connectivity index (χ2n) is 7.35. The average Bonchev–Trinajstić information content (AvgIpc) is 3.28. The number of piperazine rings is 1. The summed E-state index contributed by atoms with van der Waals surface area (Å²) in [5.74, 6) is -0.600. The Morgan fingerprint density at radius 2 is 1.91 bits per heavy atom. The molecule has 0 unspecified atom stereocenters. The zero-order chi connectivity index (χ0) is 22.3. The monoisotopic (exact) mass is 454 g/mol. The molecular formula is C22H23FN6O2S. The number of para-hydroxylation sites is 1.